The molecule has 178 valence electrons. The number of esters is 1. The van der Waals surface area contributed by atoms with E-state index < -0.39 is 16.8 Å². The van der Waals surface area contributed by atoms with Gasteiger partial charge in [0.2, 0.25) is 6.54 Å². The molecule has 0 N–H and O–H groups in total. The van der Waals surface area contributed by atoms with E-state index >= 15 is 0 Å². The van der Waals surface area contributed by atoms with E-state index in [4.69, 9.17) is 14.2 Å². The third kappa shape index (κ3) is 5.18. The van der Waals surface area contributed by atoms with Gasteiger partial charge in [-0.15, -0.1) is 0 Å². The lowest BCUT2D eigenvalue weighted by molar-refractivity contribution is -0.496. The summed E-state index contributed by atoms with van der Waals surface area (Å²) in [6, 6.07) is 5.19. The largest absolute Gasteiger partial charge is 0.493 e. The molecule has 0 spiro atoms. The van der Waals surface area contributed by atoms with Crippen LogP contribution in [0.5, 0.6) is 11.5 Å². The molecule has 1 unspecified atom stereocenters. The molecule has 0 aliphatic carbocycles. The minimum absolute atomic E-state index is 0.0161. The highest BCUT2D eigenvalue weighted by molar-refractivity contribution is 5.89. The molecule has 2 heterocycles. The third-order valence-electron chi connectivity index (χ3n) is 5.74. The van der Waals surface area contributed by atoms with Crippen LogP contribution in [0.1, 0.15) is 56.1 Å². The molecule has 0 bridgehead atoms. The van der Waals surface area contributed by atoms with E-state index in [1.54, 1.807) is 27.0 Å². The average Bonchev–Trinajstić information content (AvgIpc) is 2.75. The van der Waals surface area contributed by atoms with Gasteiger partial charge >= 0.3 is 5.97 Å². The maximum absolute atomic E-state index is 12.7. The Morgan fingerprint density at radius 2 is 1.97 bits per heavy atom. The zero-order valence-electron chi connectivity index (χ0n) is 19.7. The van der Waals surface area contributed by atoms with Gasteiger partial charge < -0.3 is 18.8 Å². The lowest BCUT2D eigenvalue weighted by Gasteiger charge is -2.31. The molecule has 0 amide bonds. The van der Waals surface area contributed by atoms with Gasteiger partial charge in [0.05, 0.1) is 31.4 Å². The zero-order valence-corrected chi connectivity index (χ0v) is 19.7. The van der Waals surface area contributed by atoms with Crippen molar-refractivity contribution < 1.29 is 23.9 Å². The van der Waals surface area contributed by atoms with Crippen molar-refractivity contribution >= 4 is 5.97 Å². The molecule has 9 nitrogen and oxygen atoms in total. The summed E-state index contributed by atoms with van der Waals surface area (Å²) in [6.07, 6.45) is 3.04. The number of aromatic nitrogens is 1. The third-order valence-corrected chi connectivity index (χ3v) is 5.74. The highest BCUT2D eigenvalue weighted by Gasteiger charge is 2.29. The van der Waals surface area contributed by atoms with Crippen molar-refractivity contribution in [2.75, 3.05) is 26.9 Å². The van der Waals surface area contributed by atoms with Crippen molar-refractivity contribution in [3.8, 4) is 22.8 Å². The highest BCUT2D eigenvalue weighted by atomic mass is 16.6. The van der Waals surface area contributed by atoms with Gasteiger partial charge in [0.25, 0.3) is 0 Å². The first kappa shape index (κ1) is 24.3. The van der Waals surface area contributed by atoms with Gasteiger partial charge in [-0.1, -0.05) is 20.8 Å². The number of methoxy groups -OCH3 is 1. The summed E-state index contributed by atoms with van der Waals surface area (Å²) in [5, 5.41) is 10.9. The number of benzene rings is 1. The van der Waals surface area contributed by atoms with Gasteiger partial charge in [-0.05, 0) is 37.5 Å². The number of nitrogens with zero attached hydrogens (tertiary/aromatic N) is 2. The van der Waals surface area contributed by atoms with E-state index in [1.165, 1.54) is 13.2 Å². The normalized spacial score (nSPS) is 14.8. The molecule has 1 aromatic carbocycles. The Balaban J connectivity index is 2.04. The van der Waals surface area contributed by atoms with E-state index in [9.17, 15) is 19.7 Å². The predicted molar refractivity (Wildman–Crippen MR) is 123 cm³/mol. The lowest BCUT2D eigenvalue weighted by Crippen LogP contribution is -2.30. The van der Waals surface area contributed by atoms with Crippen LogP contribution in [0.3, 0.4) is 0 Å². The summed E-state index contributed by atoms with van der Waals surface area (Å²) in [5.41, 5.74) is 1.46. The van der Waals surface area contributed by atoms with E-state index in [2.05, 4.69) is 0 Å². The number of hydrogen-bond donors (Lipinski definition) is 0. The van der Waals surface area contributed by atoms with E-state index in [0.717, 1.165) is 17.5 Å². The summed E-state index contributed by atoms with van der Waals surface area (Å²) in [4.78, 5) is 35.5. The number of fused-ring (bicyclic) bond motifs is 3. The second-order valence-corrected chi connectivity index (χ2v) is 8.93. The minimum atomic E-state index is -0.653. The maximum atomic E-state index is 12.7. The standard InChI is InChI=1S/C24H30N2O7/c1-6-16-8-15-9-22(33-14-24(3,4)13-26(29)30)21(31-5)10-17(15)19-11-20(27)18(12-25(16)19)23(28)32-7-2/h9-12,16H,6-8,13-14H2,1-5H3. The van der Waals surface area contributed by atoms with Gasteiger partial charge in [-0.25, -0.2) is 4.79 Å². The number of ether oxygens (including phenoxy) is 3. The Morgan fingerprint density at radius 3 is 2.58 bits per heavy atom. The SMILES string of the molecule is CCOC(=O)c1cn2c(cc1=O)-c1cc(OC)c(OCC(C)(C)C[N+](=O)[O-])cc1CC2CC. The summed E-state index contributed by atoms with van der Waals surface area (Å²) in [6.45, 7) is 7.43. The van der Waals surface area contributed by atoms with Gasteiger partial charge in [0.15, 0.2) is 16.9 Å². The average molecular weight is 459 g/mol. The summed E-state index contributed by atoms with van der Waals surface area (Å²) in [7, 11) is 1.52. The van der Waals surface area contributed by atoms with Crippen molar-refractivity contribution in [1.29, 1.82) is 0 Å². The number of pyridine rings is 1. The van der Waals surface area contributed by atoms with Crippen molar-refractivity contribution in [2.45, 2.75) is 46.6 Å². The van der Waals surface area contributed by atoms with Crippen LogP contribution in [0.25, 0.3) is 11.3 Å². The smallest absolute Gasteiger partial charge is 0.343 e. The monoisotopic (exact) mass is 458 g/mol. The number of hydrogen-bond acceptors (Lipinski definition) is 7. The van der Waals surface area contributed by atoms with Crippen LogP contribution in [-0.2, 0) is 11.2 Å². The topological polar surface area (TPSA) is 110 Å². The Labute approximate surface area is 192 Å². The van der Waals surface area contributed by atoms with Crippen molar-refractivity contribution in [3.05, 3.63) is 55.9 Å². The molecule has 0 saturated carbocycles. The number of nitro groups is 1. The first-order valence-electron chi connectivity index (χ1n) is 11.0. The second-order valence-electron chi connectivity index (χ2n) is 8.93. The Kier molecular flexibility index (Phi) is 7.09. The summed E-state index contributed by atoms with van der Waals surface area (Å²) in [5.74, 6) is 0.340. The predicted octanol–water partition coefficient (Wildman–Crippen LogP) is 3.89. The van der Waals surface area contributed by atoms with Crippen LogP contribution in [0.15, 0.2) is 29.2 Å². The Bertz CT molecular complexity index is 1120. The Morgan fingerprint density at radius 1 is 1.24 bits per heavy atom. The van der Waals surface area contributed by atoms with Gasteiger partial charge in [-0.2, -0.15) is 0 Å². The first-order valence-corrected chi connectivity index (χ1v) is 11.0. The van der Waals surface area contributed by atoms with Crippen LogP contribution < -0.4 is 14.9 Å². The number of carbonyl (C=O) groups excluding carboxylic acids is 1. The van der Waals surface area contributed by atoms with E-state index in [0.29, 0.717) is 23.6 Å². The maximum Gasteiger partial charge on any atom is 0.343 e. The van der Waals surface area contributed by atoms with Crippen LogP contribution >= 0.6 is 0 Å². The fourth-order valence-corrected chi connectivity index (χ4v) is 4.07. The molecule has 1 aliphatic heterocycles. The van der Waals surface area contributed by atoms with Gasteiger partial charge in [0.1, 0.15) is 5.56 Å². The van der Waals surface area contributed by atoms with Crippen molar-refractivity contribution in [3.63, 3.8) is 0 Å². The van der Waals surface area contributed by atoms with Crippen LogP contribution in [0.2, 0.25) is 0 Å². The fraction of sp³-hybridized carbons (Fsp3) is 0.500. The number of carbonyl (C=O) groups is 1. The second kappa shape index (κ2) is 9.64. The fourth-order valence-electron chi connectivity index (χ4n) is 4.07. The molecule has 0 fully saturated rings. The van der Waals surface area contributed by atoms with E-state index in [-0.39, 0.29) is 36.3 Å². The van der Waals surface area contributed by atoms with E-state index in [1.807, 2.05) is 23.6 Å². The quantitative estimate of drug-likeness (QED) is 0.318. The molecule has 1 aromatic heterocycles. The highest BCUT2D eigenvalue weighted by Crippen LogP contribution is 2.42. The molecule has 9 heteroatoms. The van der Waals surface area contributed by atoms with Crippen molar-refractivity contribution in [1.82, 2.24) is 4.57 Å². The summed E-state index contributed by atoms with van der Waals surface area (Å²) < 4.78 is 18.5. The molecule has 1 aliphatic rings. The molecular weight excluding hydrogens is 428 g/mol. The molecule has 3 rings (SSSR count). The van der Waals surface area contributed by atoms with Crippen LogP contribution in [-0.4, -0.2) is 42.3 Å². The minimum Gasteiger partial charge on any atom is -0.493 e. The zero-order chi connectivity index (χ0) is 24.3. The van der Waals surface area contributed by atoms with Gasteiger partial charge in [-0.3, -0.25) is 14.9 Å². The molecule has 1 atom stereocenters. The molecular formula is C24H30N2O7. The van der Waals surface area contributed by atoms with Gasteiger partial charge in [0, 0.05) is 28.8 Å². The summed E-state index contributed by atoms with van der Waals surface area (Å²) >= 11 is 0. The lowest BCUT2D eigenvalue weighted by atomic mass is 9.90. The van der Waals surface area contributed by atoms with Crippen LogP contribution in [0, 0.1) is 15.5 Å². The van der Waals surface area contributed by atoms with Crippen molar-refractivity contribution in [2.24, 2.45) is 5.41 Å². The molecule has 0 radical (unpaired) electrons. The number of rotatable bonds is 9. The molecule has 0 saturated heterocycles. The first-order chi connectivity index (χ1) is 15.6. The van der Waals surface area contributed by atoms with Crippen LogP contribution in [0.4, 0.5) is 0 Å². The molecule has 33 heavy (non-hydrogen) atoms. The molecule has 2 aromatic rings. The Hall–Kier alpha value is -3.36.